The molecule has 0 saturated heterocycles. The van der Waals surface area contributed by atoms with E-state index in [-0.39, 0.29) is 5.82 Å². The minimum absolute atomic E-state index is 0.103. The van der Waals surface area contributed by atoms with Crippen molar-refractivity contribution in [2.75, 3.05) is 13.7 Å². The lowest BCUT2D eigenvalue weighted by Crippen LogP contribution is -2.30. The Bertz CT molecular complexity index is 920. The van der Waals surface area contributed by atoms with Crippen LogP contribution in [0.15, 0.2) is 42.5 Å². The minimum Gasteiger partial charge on any atom is -0.497 e. The molecule has 0 unspecified atom stereocenters. The SMILES string of the molecule is CCCCCCCCCCCCCCCC1=[N+](Cc2ccccc2F)CCc2cc(OC)ccc21. The topological polar surface area (TPSA) is 12.2 Å². The van der Waals surface area contributed by atoms with E-state index < -0.39 is 0 Å². The quantitative estimate of drug-likeness (QED) is 0.163. The Morgan fingerprint density at radius 2 is 1.43 bits per heavy atom. The summed E-state index contributed by atoms with van der Waals surface area (Å²) in [4.78, 5) is 0. The van der Waals surface area contributed by atoms with Gasteiger partial charge in [0, 0.05) is 18.4 Å². The van der Waals surface area contributed by atoms with Crippen molar-refractivity contribution in [1.82, 2.24) is 0 Å². The Kier molecular flexibility index (Phi) is 12.3. The molecule has 0 fully saturated rings. The van der Waals surface area contributed by atoms with Crippen molar-refractivity contribution < 1.29 is 13.7 Å². The van der Waals surface area contributed by atoms with Gasteiger partial charge in [0.15, 0.2) is 12.3 Å². The van der Waals surface area contributed by atoms with E-state index in [2.05, 4.69) is 29.7 Å². The Hall–Kier alpha value is -2.16. The van der Waals surface area contributed by atoms with Crippen molar-refractivity contribution in [2.45, 2.75) is 110 Å². The van der Waals surface area contributed by atoms with Gasteiger partial charge < -0.3 is 4.74 Å². The lowest BCUT2D eigenvalue weighted by Gasteiger charge is -2.20. The molecule has 0 atom stereocenters. The highest BCUT2D eigenvalue weighted by molar-refractivity contribution is 5.98. The minimum atomic E-state index is -0.103. The summed E-state index contributed by atoms with van der Waals surface area (Å²) in [5.41, 5.74) is 4.85. The first kappa shape index (κ1) is 27.4. The maximum atomic E-state index is 14.4. The third-order valence-corrected chi connectivity index (χ3v) is 7.49. The van der Waals surface area contributed by atoms with E-state index in [1.165, 1.54) is 100 Å². The van der Waals surface area contributed by atoms with Gasteiger partial charge >= 0.3 is 0 Å². The maximum Gasteiger partial charge on any atom is 0.183 e. The average Bonchev–Trinajstić information content (AvgIpc) is 2.88. The Morgan fingerprint density at radius 1 is 0.800 bits per heavy atom. The van der Waals surface area contributed by atoms with E-state index in [1.54, 1.807) is 19.2 Å². The van der Waals surface area contributed by atoms with Gasteiger partial charge in [0.2, 0.25) is 0 Å². The second-order valence-electron chi connectivity index (χ2n) is 10.2. The van der Waals surface area contributed by atoms with Gasteiger partial charge in [0.25, 0.3) is 0 Å². The van der Waals surface area contributed by atoms with Crippen LogP contribution in [0.4, 0.5) is 4.39 Å². The van der Waals surface area contributed by atoms with Gasteiger partial charge in [-0.05, 0) is 42.3 Å². The molecule has 0 amide bonds. The van der Waals surface area contributed by atoms with Crippen LogP contribution in [0.1, 0.15) is 114 Å². The summed E-state index contributed by atoms with van der Waals surface area (Å²) in [5.74, 6) is 0.819. The lowest BCUT2D eigenvalue weighted by atomic mass is 9.92. The fourth-order valence-electron chi connectivity index (χ4n) is 5.36. The summed E-state index contributed by atoms with van der Waals surface area (Å²) >= 11 is 0. The molecule has 0 aromatic heterocycles. The molecule has 35 heavy (non-hydrogen) atoms. The predicted octanol–water partition coefficient (Wildman–Crippen LogP) is 8.87. The zero-order chi connectivity index (χ0) is 24.7. The predicted molar refractivity (Wildman–Crippen MR) is 146 cm³/mol. The summed E-state index contributed by atoms with van der Waals surface area (Å²) in [6.07, 6.45) is 19.8. The molecular formula is C32H47FNO+. The third-order valence-electron chi connectivity index (χ3n) is 7.49. The molecule has 0 N–H and O–H groups in total. The first-order valence-corrected chi connectivity index (χ1v) is 14.2. The highest BCUT2D eigenvalue weighted by Gasteiger charge is 2.26. The van der Waals surface area contributed by atoms with Gasteiger partial charge in [-0.2, -0.15) is 0 Å². The molecule has 0 saturated carbocycles. The summed E-state index contributed by atoms with van der Waals surface area (Å²) in [6, 6.07) is 13.7. The second kappa shape index (κ2) is 15.8. The first-order valence-electron chi connectivity index (χ1n) is 14.2. The monoisotopic (exact) mass is 480 g/mol. The molecule has 1 heterocycles. The van der Waals surface area contributed by atoms with E-state index in [9.17, 15) is 4.39 Å². The number of fused-ring (bicyclic) bond motifs is 1. The summed E-state index contributed by atoms with van der Waals surface area (Å²) in [6.45, 7) is 3.86. The summed E-state index contributed by atoms with van der Waals surface area (Å²) in [5, 5.41) is 0. The fourth-order valence-corrected chi connectivity index (χ4v) is 5.36. The van der Waals surface area contributed by atoms with Crippen LogP contribution >= 0.6 is 0 Å². The number of hydrogen-bond donors (Lipinski definition) is 0. The van der Waals surface area contributed by atoms with Crippen LogP contribution in [0.5, 0.6) is 5.75 Å². The van der Waals surface area contributed by atoms with Gasteiger partial charge in [-0.1, -0.05) is 96.1 Å². The summed E-state index contributed by atoms with van der Waals surface area (Å²) in [7, 11) is 1.73. The highest BCUT2D eigenvalue weighted by atomic mass is 19.1. The van der Waals surface area contributed by atoms with Crippen LogP contribution in [0.3, 0.4) is 0 Å². The van der Waals surface area contributed by atoms with Gasteiger partial charge in [-0.3, -0.25) is 0 Å². The van der Waals surface area contributed by atoms with E-state index in [1.807, 2.05) is 12.1 Å². The molecular weight excluding hydrogens is 433 g/mol. The average molecular weight is 481 g/mol. The zero-order valence-electron chi connectivity index (χ0n) is 22.3. The smallest absolute Gasteiger partial charge is 0.183 e. The summed E-state index contributed by atoms with van der Waals surface area (Å²) < 4.78 is 22.3. The van der Waals surface area contributed by atoms with Gasteiger partial charge in [-0.25, -0.2) is 8.97 Å². The molecule has 0 bridgehead atoms. The number of benzene rings is 2. The number of nitrogens with zero attached hydrogens (tertiary/aromatic N) is 1. The van der Waals surface area contributed by atoms with Crippen LogP contribution in [0.2, 0.25) is 0 Å². The molecule has 2 nitrogen and oxygen atoms in total. The van der Waals surface area contributed by atoms with E-state index in [4.69, 9.17) is 4.74 Å². The van der Waals surface area contributed by atoms with Crippen molar-refractivity contribution in [3.8, 4) is 5.75 Å². The number of hydrogen-bond acceptors (Lipinski definition) is 1. The standard InChI is InChI=1S/C32H47FNO/c1-3-4-5-6-7-8-9-10-11-12-13-14-15-20-32-30-22-21-29(35-2)25-27(30)23-24-34(32)26-28-18-16-17-19-31(28)33/h16-19,21-22,25H,3-15,20,23-24,26H2,1-2H3/q+1. The number of unbranched alkanes of at least 4 members (excludes halogenated alkanes) is 12. The van der Waals surface area contributed by atoms with E-state index in [0.717, 1.165) is 30.7 Å². The molecule has 0 spiro atoms. The van der Waals surface area contributed by atoms with Gasteiger partial charge in [-0.15, -0.1) is 0 Å². The normalized spacial score (nSPS) is 13.2. The van der Waals surface area contributed by atoms with Crippen molar-refractivity contribution >= 4 is 5.71 Å². The number of ether oxygens (including phenoxy) is 1. The maximum absolute atomic E-state index is 14.4. The van der Waals surface area contributed by atoms with Crippen molar-refractivity contribution in [2.24, 2.45) is 0 Å². The van der Waals surface area contributed by atoms with Gasteiger partial charge in [0.05, 0.1) is 12.7 Å². The Balaban J connectivity index is 1.47. The molecule has 0 aliphatic carbocycles. The molecule has 2 aromatic carbocycles. The second-order valence-corrected chi connectivity index (χ2v) is 10.2. The van der Waals surface area contributed by atoms with Crippen molar-refractivity contribution in [3.05, 3.63) is 65.0 Å². The number of halogens is 1. The van der Waals surface area contributed by atoms with Crippen molar-refractivity contribution in [1.29, 1.82) is 0 Å². The Labute approximate surface area is 213 Å². The zero-order valence-corrected chi connectivity index (χ0v) is 22.3. The molecule has 3 heteroatoms. The number of methoxy groups -OCH3 is 1. The van der Waals surface area contributed by atoms with Crippen LogP contribution in [-0.4, -0.2) is 23.9 Å². The van der Waals surface area contributed by atoms with Crippen LogP contribution in [-0.2, 0) is 13.0 Å². The Morgan fingerprint density at radius 3 is 2.06 bits per heavy atom. The molecule has 1 aliphatic heterocycles. The largest absolute Gasteiger partial charge is 0.497 e. The van der Waals surface area contributed by atoms with Crippen molar-refractivity contribution in [3.63, 3.8) is 0 Å². The molecule has 0 radical (unpaired) electrons. The first-order chi connectivity index (χ1) is 17.2. The fraction of sp³-hybridized carbons (Fsp3) is 0.594. The number of rotatable bonds is 17. The van der Waals surface area contributed by atoms with E-state index in [0.29, 0.717) is 6.54 Å². The van der Waals surface area contributed by atoms with E-state index >= 15 is 0 Å². The van der Waals surface area contributed by atoms with Crippen LogP contribution in [0.25, 0.3) is 0 Å². The van der Waals surface area contributed by atoms with Crippen LogP contribution < -0.4 is 4.74 Å². The molecule has 1 aliphatic rings. The lowest BCUT2D eigenvalue weighted by molar-refractivity contribution is -0.546. The third kappa shape index (κ3) is 9.09. The molecule has 2 aromatic rings. The molecule has 3 rings (SSSR count). The van der Waals surface area contributed by atoms with Gasteiger partial charge in [0.1, 0.15) is 18.1 Å². The van der Waals surface area contributed by atoms with Crippen LogP contribution in [0, 0.1) is 5.82 Å². The highest BCUT2D eigenvalue weighted by Crippen LogP contribution is 2.25. The molecule has 192 valence electrons.